The molecular weight excluding hydrogens is 204 g/mol. The van der Waals surface area contributed by atoms with E-state index >= 15 is 0 Å². The Bertz CT molecular complexity index is 358. The number of hydrogen-bond acceptors (Lipinski definition) is 5. The van der Waals surface area contributed by atoms with Gasteiger partial charge in [0.05, 0.1) is 24.9 Å². The van der Waals surface area contributed by atoms with Crippen LogP contribution in [0.5, 0.6) is 0 Å². The number of ether oxygens (including phenoxy) is 1. The summed E-state index contributed by atoms with van der Waals surface area (Å²) in [5.41, 5.74) is 0. The molecule has 0 radical (unpaired) electrons. The lowest BCUT2D eigenvalue weighted by Crippen LogP contribution is -2.48. The summed E-state index contributed by atoms with van der Waals surface area (Å²) in [7, 11) is 2.17. The van der Waals surface area contributed by atoms with Crippen molar-refractivity contribution in [2.75, 3.05) is 38.2 Å². The van der Waals surface area contributed by atoms with Gasteiger partial charge in [0.25, 0.3) is 0 Å². The summed E-state index contributed by atoms with van der Waals surface area (Å²) in [5.74, 6) is 0.953. The topological polar surface area (TPSA) is 41.5 Å². The van der Waals surface area contributed by atoms with E-state index in [-0.39, 0.29) is 0 Å². The molecule has 0 amide bonds. The molecule has 0 saturated carbocycles. The van der Waals surface area contributed by atoms with Gasteiger partial charge < -0.3 is 9.64 Å². The fourth-order valence-electron chi connectivity index (χ4n) is 2.50. The van der Waals surface area contributed by atoms with Gasteiger partial charge in [0, 0.05) is 32.0 Å². The van der Waals surface area contributed by atoms with E-state index in [2.05, 4.69) is 26.8 Å². The summed E-state index contributed by atoms with van der Waals surface area (Å²) < 4.78 is 5.79. The normalized spacial score (nSPS) is 30.4. The molecule has 86 valence electrons. The van der Waals surface area contributed by atoms with Crippen molar-refractivity contribution >= 4 is 5.82 Å². The third-order valence-corrected chi connectivity index (χ3v) is 3.45. The van der Waals surface area contributed by atoms with Crippen LogP contribution in [0.2, 0.25) is 0 Å². The molecular formula is C11H16N4O. The lowest BCUT2D eigenvalue weighted by Gasteiger charge is -2.33. The SMILES string of the molecule is CN1CCOC2CN(c3cnccn3)CC21. The van der Waals surface area contributed by atoms with Crippen molar-refractivity contribution in [3.8, 4) is 0 Å². The molecule has 2 unspecified atom stereocenters. The first-order chi connectivity index (χ1) is 7.84. The van der Waals surface area contributed by atoms with Gasteiger partial charge in [-0.25, -0.2) is 4.98 Å². The maximum absolute atomic E-state index is 5.79. The van der Waals surface area contributed by atoms with Gasteiger partial charge in [0.1, 0.15) is 5.82 Å². The molecule has 2 atom stereocenters. The summed E-state index contributed by atoms with van der Waals surface area (Å²) in [6, 6.07) is 0.496. The maximum atomic E-state index is 5.79. The van der Waals surface area contributed by atoms with E-state index in [4.69, 9.17) is 4.74 Å². The Kier molecular flexibility index (Phi) is 2.49. The van der Waals surface area contributed by atoms with Crippen LogP contribution in [-0.2, 0) is 4.74 Å². The molecule has 2 saturated heterocycles. The Hall–Kier alpha value is -1.20. The highest BCUT2D eigenvalue weighted by molar-refractivity contribution is 5.38. The first-order valence-corrected chi connectivity index (χ1v) is 5.67. The molecule has 5 heteroatoms. The number of anilines is 1. The number of hydrogen-bond donors (Lipinski definition) is 0. The zero-order chi connectivity index (χ0) is 11.0. The van der Waals surface area contributed by atoms with Crippen molar-refractivity contribution in [3.05, 3.63) is 18.6 Å². The molecule has 0 aromatic carbocycles. The number of fused-ring (bicyclic) bond motifs is 1. The lowest BCUT2D eigenvalue weighted by atomic mass is 10.1. The zero-order valence-corrected chi connectivity index (χ0v) is 9.41. The highest BCUT2D eigenvalue weighted by atomic mass is 16.5. The van der Waals surface area contributed by atoms with Gasteiger partial charge in [0.15, 0.2) is 0 Å². The Balaban J connectivity index is 1.77. The van der Waals surface area contributed by atoms with Crippen LogP contribution in [0.3, 0.4) is 0 Å². The molecule has 2 fully saturated rings. The van der Waals surface area contributed by atoms with E-state index in [1.807, 2.05) is 6.20 Å². The molecule has 2 aliphatic rings. The Morgan fingerprint density at radius 1 is 1.38 bits per heavy atom. The molecule has 3 rings (SSSR count). The van der Waals surface area contributed by atoms with Crippen LogP contribution >= 0.6 is 0 Å². The van der Waals surface area contributed by atoms with Crippen molar-refractivity contribution in [2.24, 2.45) is 0 Å². The fourth-order valence-corrected chi connectivity index (χ4v) is 2.50. The standard InChI is InChI=1S/C11H16N4O/c1-14-4-5-16-10-8-15(7-9(10)14)11-6-12-2-3-13-11/h2-3,6,9-10H,4-5,7-8H2,1H3. The van der Waals surface area contributed by atoms with Crippen LogP contribution in [0.4, 0.5) is 5.82 Å². The van der Waals surface area contributed by atoms with Crippen molar-refractivity contribution in [3.63, 3.8) is 0 Å². The van der Waals surface area contributed by atoms with Crippen molar-refractivity contribution in [1.29, 1.82) is 0 Å². The molecule has 0 aliphatic carbocycles. The molecule has 16 heavy (non-hydrogen) atoms. The van der Waals surface area contributed by atoms with Gasteiger partial charge in [-0.15, -0.1) is 0 Å². The predicted molar refractivity (Wildman–Crippen MR) is 60.4 cm³/mol. The van der Waals surface area contributed by atoms with Gasteiger partial charge in [0.2, 0.25) is 0 Å². The average Bonchev–Trinajstić information content (AvgIpc) is 2.76. The predicted octanol–water partition coefficient (Wildman–Crippen LogP) is -0.00420. The van der Waals surface area contributed by atoms with Crippen LogP contribution in [0.15, 0.2) is 18.6 Å². The molecule has 2 aliphatic heterocycles. The number of aromatic nitrogens is 2. The molecule has 1 aromatic rings. The summed E-state index contributed by atoms with van der Waals surface area (Å²) in [4.78, 5) is 13.1. The molecule has 5 nitrogen and oxygen atoms in total. The van der Waals surface area contributed by atoms with Crippen LogP contribution in [-0.4, -0.2) is 60.3 Å². The number of nitrogens with zero attached hydrogens (tertiary/aromatic N) is 4. The van der Waals surface area contributed by atoms with E-state index in [9.17, 15) is 0 Å². The van der Waals surface area contributed by atoms with E-state index in [0.717, 1.165) is 32.1 Å². The molecule has 0 bridgehead atoms. The highest BCUT2D eigenvalue weighted by Gasteiger charge is 2.38. The minimum atomic E-state index is 0.320. The molecule has 3 heterocycles. The quantitative estimate of drug-likeness (QED) is 0.666. The van der Waals surface area contributed by atoms with Crippen molar-refractivity contribution < 1.29 is 4.74 Å². The summed E-state index contributed by atoms with van der Waals surface area (Å²) in [6.45, 7) is 3.77. The van der Waals surface area contributed by atoms with Gasteiger partial charge in [-0.05, 0) is 7.05 Å². The summed E-state index contributed by atoms with van der Waals surface area (Å²) in [6.07, 6.45) is 5.58. The lowest BCUT2D eigenvalue weighted by molar-refractivity contribution is -0.0362. The number of likely N-dealkylation sites (N-methyl/N-ethyl adjacent to an activating group) is 1. The Morgan fingerprint density at radius 2 is 2.31 bits per heavy atom. The van der Waals surface area contributed by atoms with Gasteiger partial charge in [-0.3, -0.25) is 9.88 Å². The van der Waals surface area contributed by atoms with Gasteiger partial charge in [-0.2, -0.15) is 0 Å². The third kappa shape index (κ3) is 1.66. The van der Waals surface area contributed by atoms with Crippen molar-refractivity contribution in [2.45, 2.75) is 12.1 Å². The number of rotatable bonds is 1. The van der Waals surface area contributed by atoms with Gasteiger partial charge in [-0.1, -0.05) is 0 Å². The largest absolute Gasteiger partial charge is 0.373 e. The van der Waals surface area contributed by atoms with E-state index in [1.54, 1.807) is 12.4 Å². The molecule has 0 N–H and O–H groups in total. The second kappa shape index (κ2) is 3.99. The maximum Gasteiger partial charge on any atom is 0.147 e. The van der Waals surface area contributed by atoms with Crippen LogP contribution in [0.1, 0.15) is 0 Å². The van der Waals surface area contributed by atoms with Gasteiger partial charge >= 0.3 is 0 Å². The summed E-state index contributed by atoms with van der Waals surface area (Å²) >= 11 is 0. The second-order valence-electron chi connectivity index (χ2n) is 4.43. The molecule has 1 aromatic heterocycles. The first kappa shape index (κ1) is 9.99. The second-order valence-corrected chi connectivity index (χ2v) is 4.43. The zero-order valence-electron chi connectivity index (χ0n) is 9.41. The minimum absolute atomic E-state index is 0.320. The average molecular weight is 220 g/mol. The smallest absolute Gasteiger partial charge is 0.147 e. The fraction of sp³-hybridized carbons (Fsp3) is 0.636. The van der Waals surface area contributed by atoms with Crippen LogP contribution in [0.25, 0.3) is 0 Å². The van der Waals surface area contributed by atoms with Crippen LogP contribution in [0, 0.1) is 0 Å². The highest BCUT2D eigenvalue weighted by Crippen LogP contribution is 2.24. The van der Waals surface area contributed by atoms with E-state index in [0.29, 0.717) is 12.1 Å². The van der Waals surface area contributed by atoms with Crippen molar-refractivity contribution in [1.82, 2.24) is 14.9 Å². The Morgan fingerprint density at radius 3 is 3.06 bits per heavy atom. The summed E-state index contributed by atoms with van der Waals surface area (Å²) in [5, 5.41) is 0. The molecule has 0 spiro atoms. The first-order valence-electron chi connectivity index (χ1n) is 5.67. The Labute approximate surface area is 95.0 Å². The third-order valence-electron chi connectivity index (χ3n) is 3.45. The minimum Gasteiger partial charge on any atom is -0.373 e. The monoisotopic (exact) mass is 220 g/mol. The van der Waals surface area contributed by atoms with E-state index in [1.165, 1.54) is 0 Å². The van der Waals surface area contributed by atoms with E-state index < -0.39 is 0 Å². The van der Waals surface area contributed by atoms with Crippen LogP contribution < -0.4 is 4.90 Å². The number of morpholine rings is 1.